The van der Waals surface area contributed by atoms with Gasteiger partial charge in [0.25, 0.3) is 5.56 Å². The number of hydrogen-bond acceptors (Lipinski definition) is 4. The Hall–Kier alpha value is -1.36. The lowest BCUT2D eigenvalue weighted by atomic mass is 10.0. The van der Waals surface area contributed by atoms with Crippen molar-refractivity contribution in [3.05, 3.63) is 22.2 Å². The standard InChI is InChI=1S/C11H18N4O/c1-15(2)10-6-11(16)14-9(13-10)5-8-3-4-12-7-8/h6,8,12H,3-5,7H2,1-2H3,(H,13,14,16). The zero-order chi connectivity index (χ0) is 11.5. The van der Waals surface area contributed by atoms with E-state index in [1.807, 2.05) is 19.0 Å². The van der Waals surface area contributed by atoms with E-state index in [4.69, 9.17) is 0 Å². The predicted octanol–water partition coefficient (Wildman–Crippen LogP) is -0.0121. The minimum Gasteiger partial charge on any atom is -0.363 e. The molecule has 2 rings (SSSR count). The molecule has 88 valence electrons. The Morgan fingerprint density at radius 3 is 3.00 bits per heavy atom. The van der Waals surface area contributed by atoms with Gasteiger partial charge in [0.2, 0.25) is 0 Å². The Morgan fingerprint density at radius 1 is 1.56 bits per heavy atom. The summed E-state index contributed by atoms with van der Waals surface area (Å²) < 4.78 is 0. The molecule has 0 amide bonds. The predicted molar refractivity (Wildman–Crippen MR) is 63.9 cm³/mol. The van der Waals surface area contributed by atoms with Crippen LogP contribution in [0.25, 0.3) is 0 Å². The molecule has 2 N–H and O–H groups in total. The maximum absolute atomic E-state index is 11.5. The van der Waals surface area contributed by atoms with Crippen molar-refractivity contribution in [1.29, 1.82) is 0 Å². The molecule has 2 heterocycles. The van der Waals surface area contributed by atoms with E-state index in [9.17, 15) is 4.79 Å². The second-order valence-corrected chi connectivity index (χ2v) is 4.51. The van der Waals surface area contributed by atoms with E-state index in [0.29, 0.717) is 5.92 Å². The van der Waals surface area contributed by atoms with E-state index >= 15 is 0 Å². The SMILES string of the molecule is CN(C)c1cc(=O)[nH]c(CC2CCNC2)n1. The van der Waals surface area contributed by atoms with Gasteiger partial charge in [-0.3, -0.25) is 4.79 Å². The summed E-state index contributed by atoms with van der Waals surface area (Å²) in [7, 11) is 3.78. The molecule has 0 bridgehead atoms. The molecule has 1 saturated heterocycles. The highest BCUT2D eigenvalue weighted by Crippen LogP contribution is 2.13. The first-order valence-corrected chi connectivity index (χ1v) is 5.63. The molecular formula is C11H18N4O. The van der Waals surface area contributed by atoms with Gasteiger partial charge in [0.05, 0.1) is 0 Å². The first-order valence-electron chi connectivity index (χ1n) is 5.63. The van der Waals surface area contributed by atoms with E-state index in [0.717, 1.165) is 37.6 Å². The van der Waals surface area contributed by atoms with E-state index < -0.39 is 0 Å². The number of nitrogens with one attached hydrogen (secondary N) is 2. The van der Waals surface area contributed by atoms with Crippen molar-refractivity contribution in [1.82, 2.24) is 15.3 Å². The molecule has 1 aliphatic rings. The number of nitrogens with zero attached hydrogens (tertiary/aromatic N) is 2. The van der Waals surface area contributed by atoms with E-state index in [1.165, 1.54) is 6.07 Å². The Bertz CT molecular complexity index is 407. The maximum atomic E-state index is 11.5. The van der Waals surface area contributed by atoms with Gasteiger partial charge >= 0.3 is 0 Å². The van der Waals surface area contributed by atoms with Gasteiger partial charge in [-0.05, 0) is 25.4 Å². The third-order valence-electron chi connectivity index (χ3n) is 2.88. The third kappa shape index (κ3) is 2.61. The zero-order valence-corrected chi connectivity index (χ0v) is 9.79. The van der Waals surface area contributed by atoms with Crippen LogP contribution >= 0.6 is 0 Å². The van der Waals surface area contributed by atoms with E-state index in [-0.39, 0.29) is 5.56 Å². The van der Waals surface area contributed by atoms with Crippen LogP contribution in [0.3, 0.4) is 0 Å². The molecule has 0 radical (unpaired) electrons. The molecule has 1 aromatic heterocycles. The Balaban J connectivity index is 2.16. The van der Waals surface area contributed by atoms with Crippen molar-refractivity contribution in [3.63, 3.8) is 0 Å². The quantitative estimate of drug-likeness (QED) is 0.755. The Kier molecular flexibility index (Phi) is 3.24. The van der Waals surface area contributed by atoms with Gasteiger partial charge in [0, 0.05) is 26.6 Å². The molecular weight excluding hydrogens is 204 g/mol. The fourth-order valence-corrected chi connectivity index (χ4v) is 1.98. The average Bonchev–Trinajstić information content (AvgIpc) is 2.69. The monoisotopic (exact) mass is 222 g/mol. The minimum absolute atomic E-state index is 0.0698. The summed E-state index contributed by atoms with van der Waals surface area (Å²) in [5.41, 5.74) is -0.0698. The molecule has 1 aromatic rings. The van der Waals surface area contributed by atoms with Crippen molar-refractivity contribution in [2.45, 2.75) is 12.8 Å². The summed E-state index contributed by atoms with van der Waals surface area (Å²) in [6.45, 7) is 2.10. The van der Waals surface area contributed by atoms with Gasteiger partial charge in [-0.2, -0.15) is 0 Å². The van der Waals surface area contributed by atoms with Crippen LogP contribution in [-0.2, 0) is 6.42 Å². The highest BCUT2D eigenvalue weighted by Gasteiger charge is 2.16. The third-order valence-corrected chi connectivity index (χ3v) is 2.88. The lowest BCUT2D eigenvalue weighted by Crippen LogP contribution is -2.20. The van der Waals surface area contributed by atoms with Crippen LogP contribution in [0.15, 0.2) is 10.9 Å². The summed E-state index contributed by atoms with van der Waals surface area (Å²) in [5.74, 6) is 2.12. The minimum atomic E-state index is -0.0698. The van der Waals surface area contributed by atoms with Gasteiger partial charge in [-0.15, -0.1) is 0 Å². The number of aromatic nitrogens is 2. The van der Waals surface area contributed by atoms with Crippen molar-refractivity contribution in [3.8, 4) is 0 Å². The normalized spacial score (nSPS) is 20.0. The molecule has 1 atom stereocenters. The number of rotatable bonds is 3. The Labute approximate surface area is 94.9 Å². The van der Waals surface area contributed by atoms with Gasteiger partial charge < -0.3 is 15.2 Å². The lowest BCUT2D eigenvalue weighted by Gasteiger charge is -2.13. The lowest BCUT2D eigenvalue weighted by molar-refractivity contribution is 0.560. The van der Waals surface area contributed by atoms with Crippen molar-refractivity contribution in [2.75, 3.05) is 32.1 Å². The molecule has 0 saturated carbocycles. The van der Waals surface area contributed by atoms with Gasteiger partial charge in [0.15, 0.2) is 0 Å². The zero-order valence-electron chi connectivity index (χ0n) is 9.79. The highest BCUT2D eigenvalue weighted by molar-refractivity contribution is 5.34. The smallest absolute Gasteiger partial charge is 0.252 e. The largest absolute Gasteiger partial charge is 0.363 e. The number of aromatic amines is 1. The molecule has 1 fully saturated rings. The van der Waals surface area contributed by atoms with E-state index in [2.05, 4.69) is 15.3 Å². The summed E-state index contributed by atoms with van der Waals surface area (Å²) >= 11 is 0. The van der Waals surface area contributed by atoms with Crippen LogP contribution in [0.2, 0.25) is 0 Å². The summed E-state index contributed by atoms with van der Waals surface area (Å²) in [4.78, 5) is 20.6. The highest BCUT2D eigenvalue weighted by atomic mass is 16.1. The molecule has 16 heavy (non-hydrogen) atoms. The summed E-state index contributed by atoms with van der Waals surface area (Å²) in [6.07, 6.45) is 2.01. The fourth-order valence-electron chi connectivity index (χ4n) is 1.98. The molecule has 1 unspecified atom stereocenters. The van der Waals surface area contributed by atoms with E-state index in [1.54, 1.807) is 0 Å². The van der Waals surface area contributed by atoms with Crippen molar-refractivity contribution < 1.29 is 0 Å². The molecule has 0 aromatic carbocycles. The summed E-state index contributed by atoms with van der Waals surface area (Å²) in [5, 5.41) is 3.31. The van der Waals surface area contributed by atoms with Crippen LogP contribution in [0.1, 0.15) is 12.2 Å². The van der Waals surface area contributed by atoms with Crippen LogP contribution in [-0.4, -0.2) is 37.2 Å². The van der Waals surface area contributed by atoms with Crippen LogP contribution < -0.4 is 15.8 Å². The number of hydrogen-bond donors (Lipinski definition) is 2. The first kappa shape index (κ1) is 11.1. The van der Waals surface area contributed by atoms with Crippen LogP contribution in [0.4, 0.5) is 5.82 Å². The summed E-state index contributed by atoms with van der Waals surface area (Å²) in [6, 6.07) is 1.52. The molecule has 1 aliphatic heterocycles. The number of anilines is 1. The van der Waals surface area contributed by atoms with Crippen molar-refractivity contribution in [2.24, 2.45) is 5.92 Å². The molecule has 5 nitrogen and oxygen atoms in total. The topological polar surface area (TPSA) is 61.0 Å². The molecule has 0 aliphatic carbocycles. The fraction of sp³-hybridized carbons (Fsp3) is 0.636. The average molecular weight is 222 g/mol. The first-order chi connectivity index (χ1) is 7.65. The van der Waals surface area contributed by atoms with Crippen LogP contribution in [0.5, 0.6) is 0 Å². The molecule has 0 spiro atoms. The number of H-pyrrole nitrogens is 1. The van der Waals surface area contributed by atoms with Gasteiger partial charge in [-0.25, -0.2) is 4.98 Å². The second-order valence-electron chi connectivity index (χ2n) is 4.51. The van der Waals surface area contributed by atoms with Gasteiger partial charge in [-0.1, -0.05) is 0 Å². The van der Waals surface area contributed by atoms with Crippen molar-refractivity contribution >= 4 is 5.82 Å². The molecule has 5 heteroatoms. The Morgan fingerprint density at radius 2 is 2.38 bits per heavy atom. The van der Waals surface area contributed by atoms with Crippen LogP contribution in [0, 0.1) is 5.92 Å². The maximum Gasteiger partial charge on any atom is 0.252 e. The van der Waals surface area contributed by atoms with Gasteiger partial charge in [0.1, 0.15) is 11.6 Å². The second kappa shape index (κ2) is 4.65.